The van der Waals surface area contributed by atoms with Gasteiger partial charge in [0.1, 0.15) is 0 Å². The number of nitrogens with zero attached hydrogens (tertiary/aromatic N) is 1. The molecule has 1 fully saturated rings. The lowest BCUT2D eigenvalue weighted by Gasteiger charge is -2.29. The van der Waals surface area contributed by atoms with Gasteiger partial charge in [-0.2, -0.15) is 0 Å². The van der Waals surface area contributed by atoms with Crippen molar-refractivity contribution in [1.29, 1.82) is 0 Å². The summed E-state index contributed by atoms with van der Waals surface area (Å²) in [6.45, 7) is 6.77. The van der Waals surface area contributed by atoms with E-state index in [4.69, 9.17) is 0 Å². The highest BCUT2D eigenvalue weighted by molar-refractivity contribution is 9.11. The van der Waals surface area contributed by atoms with E-state index in [0.717, 1.165) is 26.1 Å². The Balaban J connectivity index is 1.93. The van der Waals surface area contributed by atoms with Crippen LogP contribution in [0.1, 0.15) is 34.0 Å². The summed E-state index contributed by atoms with van der Waals surface area (Å²) in [7, 11) is 0. The van der Waals surface area contributed by atoms with Crippen LogP contribution in [0.5, 0.6) is 0 Å². The number of aryl methyl sites for hydroxylation is 1. The molecule has 3 heterocycles. The van der Waals surface area contributed by atoms with Crippen molar-refractivity contribution in [2.45, 2.75) is 25.8 Å². The Labute approximate surface area is 143 Å². The fourth-order valence-electron chi connectivity index (χ4n) is 2.83. The first-order chi connectivity index (χ1) is 10.3. The van der Waals surface area contributed by atoms with E-state index in [0.29, 0.717) is 6.04 Å². The molecule has 5 heteroatoms. The molecule has 0 amide bonds. The minimum atomic E-state index is 0.423. The summed E-state index contributed by atoms with van der Waals surface area (Å²) >= 11 is 7.47. The van der Waals surface area contributed by atoms with E-state index in [1.165, 1.54) is 31.4 Å². The predicted molar refractivity (Wildman–Crippen MR) is 96.6 cm³/mol. The first kappa shape index (κ1) is 15.7. The summed E-state index contributed by atoms with van der Waals surface area (Å²) < 4.78 is 1.22. The minimum Gasteiger partial charge on any atom is -0.315 e. The first-order valence-electron chi connectivity index (χ1n) is 7.56. The van der Waals surface area contributed by atoms with Crippen LogP contribution < -0.4 is 5.32 Å². The van der Waals surface area contributed by atoms with Gasteiger partial charge >= 0.3 is 0 Å². The van der Waals surface area contributed by atoms with Gasteiger partial charge in [-0.15, -0.1) is 22.7 Å². The molecular formula is C16H21BrN2S2. The SMILES string of the molecule is CCc1ccc(C(c2ccc(Br)s2)N2CCCNCC2)s1. The molecule has 1 saturated heterocycles. The van der Waals surface area contributed by atoms with Crippen molar-refractivity contribution in [1.82, 2.24) is 10.2 Å². The summed E-state index contributed by atoms with van der Waals surface area (Å²) in [5, 5.41) is 3.51. The molecule has 0 radical (unpaired) electrons. The normalized spacial score (nSPS) is 18.6. The van der Waals surface area contributed by atoms with Crippen molar-refractivity contribution in [3.63, 3.8) is 0 Å². The summed E-state index contributed by atoms with van der Waals surface area (Å²) in [6, 6.07) is 9.51. The van der Waals surface area contributed by atoms with Gasteiger partial charge in [0.25, 0.3) is 0 Å². The molecule has 114 valence electrons. The lowest BCUT2D eigenvalue weighted by Crippen LogP contribution is -2.32. The highest BCUT2D eigenvalue weighted by atomic mass is 79.9. The highest BCUT2D eigenvalue weighted by Gasteiger charge is 2.25. The molecule has 0 spiro atoms. The zero-order valence-corrected chi connectivity index (χ0v) is 15.5. The van der Waals surface area contributed by atoms with E-state index >= 15 is 0 Å². The summed E-state index contributed by atoms with van der Waals surface area (Å²) in [6.07, 6.45) is 2.36. The van der Waals surface area contributed by atoms with Crippen LogP contribution in [0.3, 0.4) is 0 Å². The first-order valence-corrected chi connectivity index (χ1v) is 9.99. The van der Waals surface area contributed by atoms with Gasteiger partial charge in [-0.05, 0) is 59.6 Å². The Morgan fingerprint density at radius 1 is 1.14 bits per heavy atom. The van der Waals surface area contributed by atoms with Gasteiger partial charge in [0.15, 0.2) is 0 Å². The molecule has 0 aliphatic carbocycles. The van der Waals surface area contributed by atoms with Gasteiger partial charge in [0.2, 0.25) is 0 Å². The minimum absolute atomic E-state index is 0.423. The third-order valence-electron chi connectivity index (χ3n) is 3.90. The largest absolute Gasteiger partial charge is 0.315 e. The van der Waals surface area contributed by atoms with E-state index < -0.39 is 0 Å². The molecule has 21 heavy (non-hydrogen) atoms. The van der Waals surface area contributed by atoms with E-state index in [1.54, 1.807) is 0 Å². The van der Waals surface area contributed by atoms with Crippen LogP contribution in [-0.2, 0) is 6.42 Å². The highest BCUT2D eigenvalue weighted by Crippen LogP contribution is 2.38. The predicted octanol–water partition coefficient (Wildman–Crippen LogP) is 4.52. The number of thiophene rings is 2. The lowest BCUT2D eigenvalue weighted by atomic mass is 10.1. The second kappa shape index (κ2) is 7.38. The zero-order valence-electron chi connectivity index (χ0n) is 12.3. The van der Waals surface area contributed by atoms with E-state index in [1.807, 2.05) is 22.7 Å². The molecule has 2 aromatic heterocycles. The summed E-state index contributed by atoms with van der Waals surface area (Å²) in [5.41, 5.74) is 0. The molecular weight excluding hydrogens is 364 g/mol. The Hall–Kier alpha value is -0.200. The fraction of sp³-hybridized carbons (Fsp3) is 0.500. The average Bonchev–Trinajstić information content (AvgIpc) is 3.03. The van der Waals surface area contributed by atoms with Crippen LogP contribution in [-0.4, -0.2) is 31.1 Å². The van der Waals surface area contributed by atoms with Crippen molar-refractivity contribution in [3.8, 4) is 0 Å². The maximum Gasteiger partial charge on any atom is 0.0790 e. The van der Waals surface area contributed by atoms with E-state index in [9.17, 15) is 0 Å². The smallest absolute Gasteiger partial charge is 0.0790 e. The Morgan fingerprint density at radius 3 is 2.67 bits per heavy atom. The molecule has 1 aliphatic heterocycles. The van der Waals surface area contributed by atoms with Gasteiger partial charge in [-0.25, -0.2) is 0 Å². The van der Waals surface area contributed by atoms with Crippen LogP contribution in [0.2, 0.25) is 0 Å². The zero-order chi connectivity index (χ0) is 14.7. The number of hydrogen-bond donors (Lipinski definition) is 1. The molecule has 2 nitrogen and oxygen atoms in total. The van der Waals surface area contributed by atoms with Gasteiger partial charge in [0, 0.05) is 34.3 Å². The second-order valence-electron chi connectivity index (χ2n) is 5.34. The van der Waals surface area contributed by atoms with Gasteiger partial charge < -0.3 is 5.32 Å². The Morgan fingerprint density at radius 2 is 1.95 bits per heavy atom. The van der Waals surface area contributed by atoms with Gasteiger partial charge in [-0.1, -0.05) is 6.92 Å². The lowest BCUT2D eigenvalue weighted by molar-refractivity contribution is 0.247. The standard InChI is InChI=1S/C16H21BrN2S2/c1-2-12-4-5-13(20-12)16(14-6-7-15(17)21-14)19-10-3-8-18-9-11-19/h4-7,16,18H,2-3,8-11H2,1H3. The molecule has 1 atom stereocenters. The number of halogens is 1. The molecule has 0 aromatic carbocycles. The summed E-state index contributed by atoms with van der Waals surface area (Å²) in [5.74, 6) is 0. The third-order valence-corrected chi connectivity index (χ3v) is 6.86. The number of hydrogen-bond acceptors (Lipinski definition) is 4. The van der Waals surface area contributed by atoms with E-state index in [2.05, 4.69) is 57.3 Å². The number of rotatable bonds is 4. The Kier molecular flexibility index (Phi) is 5.51. The average molecular weight is 385 g/mol. The Bertz CT molecular complexity index is 570. The monoisotopic (exact) mass is 384 g/mol. The topological polar surface area (TPSA) is 15.3 Å². The summed E-state index contributed by atoms with van der Waals surface area (Å²) in [4.78, 5) is 7.07. The number of nitrogens with one attached hydrogen (secondary N) is 1. The molecule has 0 bridgehead atoms. The molecule has 2 aromatic rings. The van der Waals surface area contributed by atoms with Crippen LogP contribution in [0, 0.1) is 0 Å². The van der Waals surface area contributed by atoms with Crippen molar-refractivity contribution < 1.29 is 0 Å². The molecule has 1 N–H and O–H groups in total. The maximum absolute atomic E-state index is 3.62. The van der Waals surface area contributed by atoms with Crippen LogP contribution >= 0.6 is 38.6 Å². The van der Waals surface area contributed by atoms with Crippen LogP contribution in [0.4, 0.5) is 0 Å². The molecule has 1 aliphatic rings. The van der Waals surface area contributed by atoms with Gasteiger partial charge in [-0.3, -0.25) is 4.90 Å². The van der Waals surface area contributed by atoms with Crippen LogP contribution in [0.15, 0.2) is 28.1 Å². The third kappa shape index (κ3) is 3.77. The second-order valence-corrected chi connectivity index (χ2v) is 9.04. The van der Waals surface area contributed by atoms with Gasteiger partial charge in [0.05, 0.1) is 9.83 Å². The molecule has 1 unspecified atom stereocenters. The maximum atomic E-state index is 3.62. The van der Waals surface area contributed by atoms with Crippen molar-refractivity contribution >= 4 is 38.6 Å². The van der Waals surface area contributed by atoms with Crippen molar-refractivity contribution in [2.24, 2.45) is 0 Å². The molecule has 0 saturated carbocycles. The van der Waals surface area contributed by atoms with Crippen molar-refractivity contribution in [2.75, 3.05) is 26.2 Å². The van der Waals surface area contributed by atoms with Crippen molar-refractivity contribution in [3.05, 3.63) is 42.7 Å². The quantitative estimate of drug-likeness (QED) is 0.833. The molecule has 3 rings (SSSR count). The fourth-order valence-corrected chi connectivity index (χ4v) is 5.59. The van der Waals surface area contributed by atoms with E-state index in [-0.39, 0.29) is 0 Å². The van der Waals surface area contributed by atoms with Crippen LogP contribution in [0.25, 0.3) is 0 Å².